The van der Waals surface area contributed by atoms with Crippen molar-refractivity contribution in [2.45, 2.75) is 26.9 Å². The summed E-state index contributed by atoms with van der Waals surface area (Å²) in [6.45, 7) is 5.01. The Labute approximate surface area is 189 Å². The first kappa shape index (κ1) is 21.2. The Hall–Kier alpha value is -3.03. The van der Waals surface area contributed by atoms with E-state index in [9.17, 15) is 9.18 Å². The number of aromatic nitrogens is 1. The number of anilines is 1. The third-order valence-electron chi connectivity index (χ3n) is 5.21. The number of fused-ring (bicyclic) bond motifs is 1. The van der Waals surface area contributed by atoms with Crippen molar-refractivity contribution < 1.29 is 4.39 Å². The summed E-state index contributed by atoms with van der Waals surface area (Å²) in [7, 11) is 0. The zero-order valence-corrected chi connectivity index (χ0v) is 18.9. The molecule has 4 nitrogen and oxygen atoms in total. The summed E-state index contributed by atoms with van der Waals surface area (Å²) in [5.74, 6) is -0.305. The average molecular weight is 452 g/mol. The van der Waals surface area contributed by atoms with Crippen LogP contribution in [0.15, 0.2) is 64.8 Å². The predicted molar refractivity (Wildman–Crippen MR) is 130 cm³/mol. The lowest BCUT2D eigenvalue weighted by Gasteiger charge is -2.25. The molecule has 0 aliphatic rings. The van der Waals surface area contributed by atoms with E-state index in [0.29, 0.717) is 29.5 Å². The number of aryl methyl sites for hydroxylation is 2. The maximum atomic E-state index is 13.2. The van der Waals surface area contributed by atoms with Gasteiger partial charge in [0.2, 0.25) is 0 Å². The smallest absolute Gasteiger partial charge is 0.253 e. The lowest BCUT2D eigenvalue weighted by molar-refractivity contribution is 0.415. The SMILES string of the molecule is Cc1cc2cc(CN(Cc3cccs3)C(=S)Nc3ccc(F)cc3)c(=O)[nH]c2cc1C. The van der Waals surface area contributed by atoms with Gasteiger partial charge in [-0.3, -0.25) is 4.79 Å². The highest BCUT2D eigenvalue weighted by Crippen LogP contribution is 2.20. The van der Waals surface area contributed by atoms with Gasteiger partial charge in [-0.05, 0) is 96.5 Å². The molecular weight excluding hydrogens is 429 g/mol. The summed E-state index contributed by atoms with van der Waals surface area (Å²) in [4.78, 5) is 18.9. The minimum absolute atomic E-state index is 0.128. The fourth-order valence-corrected chi connectivity index (χ4v) is 4.34. The molecule has 0 aliphatic heterocycles. The van der Waals surface area contributed by atoms with Crippen molar-refractivity contribution in [3.8, 4) is 0 Å². The van der Waals surface area contributed by atoms with Gasteiger partial charge in [-0.2, -0.15) is 0 Å². The number of aromatic amines is 1. The van der Waals surface area contributed by atoms with Gasteiger partial charge in [0.1, 0.15) is 5.82 Å². The molecule has 0 radical (unpaired) electrons. The Morgan fingerprint density at radius 1 is 1.10 bits per heavy atom. The quantitative estimate of drug-likeness (QED) is 0.380. The molecule has 0 amide bonds. The maximum Gasteiger partial charge on any atom is 0.253 e. The molecular formula is C24H22FN3OS2. The highest BCUT2D eigenvalue weighted by atomic mass is 32.1. The highest BCUT2D eigenvalue weighted by Gasteiger charge is 2.15. The summed E-state index contributed by atoms with van der Waals surface area (Å²) in [5, 5.41) is 6.63. The molecule has 0 spiro atoms. The normalized spacial score (nSPS) is 10.9. The molecule has 7 heteroatoms. The topological polar surface area (TPSA) is 48.1 Å². The van der Waals surface area contributed by atoms with Crippen molar-refractivity contribution in [2.24, 2.45) is 0 Å². The first-order chi connectivity index (χ1) is 14.9. The maximum absolute atomic E-state index is 13.2. The third-order valence-corrected chi connectivity index (χ3v) is 6.43. The zero-order chi connectivity index (χ0) is 22.0. The van der Waals surface area contributed by atoms with Gasteiger partial charge in [-0.1, -0.05) is 6.07 Å². The van der Waals surface area contributed by atoms with Crippen LogP contribution in [0, 0.1) is 19.7 Å². The largest absolute Gasteiger partial charge is 0.339 e. The van der Waals surface area contributed by atoms with E-state index in [1.807, 2.05) is 41.5 Å². The van der Waals surface area contributed by atoms with Crippen molar-refractivity contribution in [3.05, 3.63) is 97.7 Å². The highest BCUT2D eigenvalue weighted by molar-refractivity contribution is 7.80. The van der Waals surface area contributed by atoms with E-state index in [1.165, 1.54) is 17.7 Å². The number of pyridine rings is 1. The van der Waals surface area contributed by atoms with Gasteiger partial charge in [-0.25, -0.2) is 4.39 Å². The van der Waals surface area contributed by atoms with E-state index in [2.05, 4.69) is 23.3 Å². The van der Waals surface area contributed by atoms with Gasteiger partial charge in [-0.15, -0.1) is 11.3 Å². The number of benzene rings is 2. The standard InChI is InChI=1S/C24H22FN3OS2/c1-15-10-17-12-18(23(29)27-22(17)11-16(15)2)13-28(14-21-4-3-9-31-21)24(30)26-20-7-5-19(25)6-8-20/h3-12H,13-14H2,1-2H3,(H,26,30)(H,27,29). The Kier molecular flexibility index (Phi) is 6.15. The summed E-state index contributed by atoms with van der Waals surface area (Å²) in [5.41, 5.74) is 4.34. The van der Waals surface area contributed by atoms with Crippen LogP contribution in [0.3, 0.4) is 0 Å². The van der Waals surface area contributed by atoms with E-state index in [1.54, 1.807) is 23.5 Å². The Morgan fingerprint density at radius 3 is 2.55 bits per heavy atom. The van der Waals surface area contributed by atoms with E-state index in [4.69, 9.17) is 12.2 Å². The molecule has 0 bridgehead atoms. The Bertz CT molecular complexity index is 1280. The number of rotatable bonds is 5. The molecule has 0 saturated heterocycles. The number of halogens is 1. The molecule has 31 heavy (non-hydrogen) atoms. The van der Waals surface area contributed by atoms with Crippen LogP contribution in [0.5, 0.6) is 0 Å². The molecule has 2 N–H and O–H groups in total. The van der Waals surface area contributed by atoms with Gasteiger partial charge >= 0.3 is 0 Å². The van der Waals surface area contributed by atoms with Gasteiger partial charge in [0.15, 0.2) is 5.11 Å². The van der Waals surface area contributed by atoms with Crippen molar-refractivity contribution in [1.82, 2.24) is 9.88 Å². The number of H-pyrrole nitrogens is 1. The van der Waals surface area contributed by atoms with Crippen molar-refractivity contribution in [2.75, 3.05) is 5.32 Å². The average Bonchev–Trinajstić information content (AvgIpc) is 3.24. The number of thiophene rings is 1. The van der Waals surface area contributed by atoms with Gasteiger partial charge in [0.25, 0.3) is 5.56 Å². The summed E-state index contributed by atoms with van der Waals surface area (Å²) in [6, 6.07) is 16.1. The monoisotopic (exact) mass is 451 g/mol. The molecule has 4 aromatic rings. The zero-order valence-electron chi connectivity index (χ0n) is 17.2. The van der Waals surface area contributed by atoms with E-state index < -0.39 is 0 Å². The molecule has 0 atom stereocenters. The second-order valence-corrected chi connectivity index (χ2v) is 8.94. The van der Waals surface area contributed by atoms with Gasteiger partial charge < -0.3 is 15.2 Å². The molecule has 2 aromatic carbocycles. The lowest BCUT2D eigenvalue weighted by atomic mass is 10.0. The molecule has 0 aliphatic carbocycles. The second kappa shape index (κ2) is 8.99. The molecule has 158 valence electrons. The summed E-state index contributed by atoms with van der Waals surface area (Å²) in [6.07, 6.45) is 0. The van der Waals surface area contributed by atoms with Crippen LogP contribution in [0.2, 0.25) is 0 Å². The summed E-state index contributed by atoms with van der Waals surface area (Å²) < 4.78 is 13.2. The Balaban J connectivity index is 1.64. The number of nitrogens with one attached hydrogen (secondary N) is 2. The number of nitrogens with zero attached hydrogens (tertiary/aromatic N) is 1. The molecule has 0 unspecified atom stereocenters. The first-order valence-electron chi connectivity index (χ1n) is 9.86. The van der Waals surface area contributed by atoms with Gasteiger partial charge in [0, 0.05) is 21.6 Å². The van der Waals surface area contributed by atoms with E-state index in [-0.39, 0.29) is 11.4 Å². The minimum atomic E-state index is -0.305. The second-order valence-electron chi connectivity index (χ2n) is 7.52. The van der Waals surface area contributed by atoms with Crippen LogP contribution < -0.4 is 10.9 Å². The number of hydrogen-bond donors (Lipinski definition) is 2. The molecule has 4 rings (SSSR count). The van der Waals surface area contributed by atoms with Crippen LogP contribution in [0.1, 0.15) is 21.6 Å². The lowest BCUT2D eigenvalue weighted by Crippen LogP contribution is -2.35. The molecule has 2 aromatic heterocycles. The van der Waals surface area contributed by atoms with Gasteiger partial charge in [0.05, 0.1) is 13.1 Å². The molecule has 2 heterocycles. The predicted octanol–water partition coefficient (Wildman–Crippen LogP) is 5.74. The fraction of sp³-hybridized carbons (Fsp3) is 0.167. The van der Waals surface area contributed by atoms with Crippen molar-refractivity contribution >= 4 is 45.3 Å². The Morgan fingerprint density at radius 2 is 1.84 bits per heavy atom. The van der Waals surface area contributed by atoms with Crippen LogP contribution in [0.25, 0.3) is 10.9 Å². The third kappa shape index (κ3) is 5.00. The van der Waals surface area contributed by atoms with Crippen LogP contribution >= 0.6 is 23.6 Å². The van der Waals surface area contributed by atoms with Crippen molar-refractivity contribution in [1.29, 1.82) is 0 Å². The number of thiocarbonyl (C=S) groups is 1. The van der Waals surface area contributed by atoms with Crippen LogP contribution in [-0.2, 0) is 13.1 Å². The first-order valence-corrected chi connectivity index (χ1v) is 11.1. The van der Waals surface area contributed by atoms with E-state index >= 15 is 0 Å². The van der Waals surface area contributed by atoms with Crippen LogP contribution in [0.4, 0.5) is 10.1 Å². The van der Waals surface area contributed by atoms with E-state index in [0.717, 1.165) is 21.3 Å². The number of hydrogen-bond acceptors (Lipinski definition) is 3. The fourth-order valence-electron chi connectivity index (χ4n) is 3.37. The molecule has 0 fully saturated rings. The van der Waals surface area contributed by atoms with Crippen LogP contribution in [-0.4, -0.2) is 15.0 Å². The summed E-state index contributed by atoms with van der Waals surface area (Å²) >= 11 is 7.29. The van der Waals surface area contributed by atoms with Crippen molar-refractivity contribution in [3.63, 3.8) is 0 Å². The molecule has 0 saturated carbocycles. The minimum Gasteiger partial charge on any atom is -0.339 e.